The molecule has 32 heavy (non-hydrogen) atoms. The molecule has 0 aromatic heterocycles. The molecule has 2 aliphatic rings. The third-order valence-corrected chi connectivity index (χ3v) is 7.43. The van der Waals surface area contributed by atoms with E-state index in [1.807, 2.05) is 36.4 Å². The van der Waals surface area contributed by atoms with Gasteiger partial charge in [0, 0.05) is 61.4 Å². The van der Waals surface area contributed by atoms with Crippen LogP contribution in [0.15, 0.2) is 48.5 Å². The van der Waals surface area contributed by atoms with Crippen molar-refractivity contribution in [2.24, 2.45) is 0 Å². The summed E-state index contributed by atoms with van der Waals surface area (Å²) in [5.41, 5.74) is 2.62. The zero-order chi connectivity index (χ0) is 22.6. The van der Waals surface area contributed by atoms with E-state index in [-0.39, 0.29) is 5.91 Å². The highest BCUT2D eigenvalue weighted by atomic mass is 35.5. The van der Waals surface area contributed by atoms with Crippen LogP contribution in [0.25, 0.3) is 0 Å². The van der Waals surface area contributed by atoms with Crippen LogP contribution in [0.1, 0.15) is 19.3 Å². The highest BCUT2D eigenvalue weighted by molar-refractivity contribution is 7.93. The molecule has 0 bridgehead atoms. The van der Waals surface area contributed by atoms with E-state index >= 15 is 0 Å². The van der Waals surface area contributed by atoms with Crippen LogP contribution in [0.2, 0.25) is 5.02 Å². The van der Waals surface area contributed by atoms with Gasteiger partial charge in [-0.25, -0.2) is 8.42 Å². The topological polar surface area (TPSA) is 73.0 Å². The first-order chi connectivity index (χ1) is 15.4. The number of piperidine rings is 1. The number of piperazine rings is 1. The minimum atomic E-state index is -3.77. The molecule has 9 heteroatoms. The average Bonchev–Trinajstić information content (AvgIpc) is 2.80. The summed E-state index contributed by atoms with van der Waals surface area (Å²) >= 11 is 5.94. The minimum absolute atomic E-state index is 0.377. The number of anilines is 3. The van der Waals surface area contributed by atoms with E-state index in [1.165, 1.54) is 19.3 Å². The Morgan fingerprint density at radius 2 is 1.31 bits per heavy atom. The third-order valence-electron chi connectivity index (χ3n) is 6.00. The second kappa shape index (κ2) is 10.0. The fraction of sp³-hybridized carbons (Fsp3) is 0.435. The normalized spacial score (nSPS) is 17.3. The first-order valence-electron chi connectivity index (χ1n) is 11.0. The lowest BCUT2D eigenvalue weighted by molar-refractivity contribution is -0.128. The number of nitrogens with zero attached hydrogens (tertiary/aromatic N) is 3. The minimum Gasteiger partial charge on any atom is -0.372 e. The number of sulfonamides is 1. The first kappa shape index (κ1) is 22.7. The second-order valence-electron chi connectivity index (χ2n) is 8.30. The van der Waals surface area contributed by atoms with Crippen molar-refractivity contribution >= 4 is 44.6 Å². The zero-order valence-corrected chi connectivity index (χ0v) is 19.6. The molecule has 1 amide bonds. The van der Waals surface area contributed by atoms with Gasteiger partial charge < -0.3 is 14.7 Å². The molecule has 0 atom stereocenters. The molecule has 2 heterocycles. The maximum absolute atomic E-state index is 12.6. The van der Waals surface area contributed by atoms with Crippen LogP contribution >= 0.6 is 11.6 Å². The molecule has 2 aromatic rings. The molecule has 0 spiro atoms. The average molecular weight is 477 g/mol. The Bertz CT molecular complexity index is 1010. The zero-order valence-electron chi connectivity index (χ0n) is 18.0. The predicted molar refractivity (Wildman–Crippen MR) is 130 cm³/mol. The van der Waals surface area contributed by atoms with E-state index in [0.717, 1.165) is 24.5 Å². The van der Waals surface area contributed by atoms with E-state index in [0.29, 0.717) is 36.9 Å². The highest BCUT2D eigenvalue weighted by Crippen LogP contribution is 2.23. The first-order valence-corrected chi connectivity index (χ1v) is 13.1. The molecule has 7 nitrogen and oxygen atoms in total. The van der Waals surface area contributed by atoms with Gasteiger partial charge in [0.05, 0.1) is 0 Å². The van der Waals surface area contributed by atoms with E-state index in [9.17, 15) is 13.2 Å². The van der Waals surface area contributed by atoms with Gasteiger partial charge >= 0.3 is 0 Å². The van der Waals surface area contributed by atoms with Crippen LogP contribution in [0.4, 0.5) is 17.1 Å². The number of hydrogen-bond acceptors (Lipinski definition) is 5. The van der Waals surface area contributed by atoms with Gasteiger partial charge in [0.1, 0.15) is 5.75 Å². The molecule has 0 saturated carbocycles. The molecular formula is C23H29ClN4O3S. The van der Waals surface area contributed by atoms with Gasteiger partial charge in [0.2, 0.25) is 15.9 Å². The standard InChI is InChI=1S/C23H29ClN4O3S/c24-19-4-8-21(9-5-19)27-14-16-28(17-15-27)23(29)18-32(30,31)25-20-6-10-22(11-7-20)26-12-2-1-3-13-26/h4-11,25H,1-3,12-18H2. The van der Waals surface area contributed by atoms with Gasteiger partial charge in [-0.3, -0.25) is 9.52 Å². The van der Waals surface area contributed by atoms with Crippen LogP contribution in [0.3, 0.4) is 0 Å². The smallest absolute Gasteiger partial charge is 0.241 e. The van der Waals surface area contributed by atoms with E-state index < -0.39 is 15.8 Å². The maximum atomic E-state index is 12.6. The van der Waals surface area contributed by atoms with Crippen molar-refractivity contribution in [2.75, 3.05) is 59.5 Å². The fourth-order valence-corrected chi connectivity index (χ4v) is 5.43. The van der Waals surface area contributed by atoms with Crippen molar-refractivity contribution in [3.8, 4) is 0 Å². The van der Waals surface area contributed by atoms with Crippen molar-refractivity contribution < 1.29 is 13.2 Å². The Morgan fingerprint density at radius 1 is 0.781 bits per heavy atom. The van der Waals surface area contributed by atoms with Crippen molar-refractivity contribution in [1.82, 2.24) is 4.90 Å². The summed E-state index contributed by atoms with van der Waals surface area (Å²) < 4.78 is 27.7. The largest absolute Gasteiger partial charge is 0.372 e. The number of benzene rings is 2. The van der Waals surface area contributed by atoms with Crippen molar-refractivity contribution in [3.05, 3.63) is 53.6 Å². The van der Waals surface area contributed by atoms with Gasteiger partial charge in [0.25, 0.3) is 0 Å². The Kier molecular flexibility index (Phi) is 7.10. The van der Waals surface area contributed by atoms with Crippen molar-refractivity contribution in [2.45, 2.75) is 19.3 Å². The summed E-state index contributed by atoms with van der Waals surface area (Å²) in [4.78, 5) is 18.7. The lowest BCUT2D eigenvalue weighted by Gasteiger charge is -2.36. The summed E-state index contributed by atoms with van der Waals surface area (Å²) in [7, 11) is -3.77. The monoisotopic (exact) mass is 476 g/mol. The SMILES string of the molecule is O=C(CS(=O)(=O)Nc1ccc(N2CCCCC2)cc1)N1CCN(c2ccc(Cl)cc2)CC1. The van der Waals surface area contributed by atoms with Gasteiger partial charge in [-0.2, -0.15) is 0 Å². The third kappa shape index (κ3) is 5.86. The Labute approximate surface area is 195 Å². The molecular weight excluding hydrogens is 448 g/mol. The predicted octanol–water partition coefficient (Wildman–Crippen LogP) is 3.42. The molecule has 2 fully saturated rings. The number of hydrogen-bond donors (Lipinski definition) is 1. The van der Waals surface area contributed by atoms with Crippen LogP contribution in [0, 0.1) is 0 Å². The van der Waals surface area contributed by atoms with Gasteiger partial charge in [-0.05, 0) is 67.8 Å². The molecule has 2 aliphatic heterocycles. The van der Waals surface area contributed by atoms with E-state index in [4.69, 9.17) is 11.6 Å². The number of carbonyl (C=O) groups excluding carboxylic acids is 1. The number of carbonyl (C=O) groups is 1. The fourth-order valence-electron chi connectivity index (χ4n) is 4.23. The summed E-state index contributed by atoms with van der Waals surface area (Å²) in [6.45, 7) is 4.34. The summed E-state index contributed by atoms with van der Waals surface area (Å²) in [5.74, 6) is -0.930. The Morgan fingerprint density at radius 3 is 1.91 bits per heavy atom. The Hall–Kier alpha value is -2.45. The molecule has 2 saturated heterocycles. The Balaban J connectivity index is 1.28. The molecule has 172 valence electrons. The number of amides is 1. The van der Waals surface area contributed by atoms with Gasteiger partial charge in [-0.15, -0.1) is 0 Å². The lowest BCUT2D eigenvalue weighted by Crippen LogP contribution is -2.50. The van der Waals surface area contributed by atoms with Gasteiger partial charge in [-0.1, -0.05) is 11.6 Å². The summed E-state index contributed by atoms with van der Waals surface area (Å²) in [6, 6.07) is 15.0. The van der Waals surface area contributed by atoms with Crippen LogP contribution < -0.4 is 14.5 Å². The van der Waals surface area contributed by atoms with E-state index in [2.05, 4.69) is 14.5 Å². The molecule has 1 N–H and O–H groups in total. The molecule has 4 rings (SSSR count). The molecule has 0 aliphatic carbocycles. The maximum Gasteiger partial charge on any atom is 0.241 e. The van der Waals surface area contributed by atoms with Crippen molar-refractivity contribution in [1.29, 1.82) is 0 Å². The summed E-state index contributed by atoms with van der Waals surface area (Å²) in [5, 5.41) is 0.682. The number of rotatable bonds is 6. The number of halogens is 1. The highest BCUT2D eigenvalue weighted by Gasteiger charge is 2.25. The van der Waals surface area contributed by atoms with Gasteiger partial charge in [0.15, 0.2) is 0 Å². The van der Waals surface area contributed by atoms with Crippen LogP contribution in [0.5, 0.6) is 0 Å². The second-order valence-corrected chi connectivity index (χ2v) is 10.5. The van der Waals surface area contributed by atoms with Crippen LogP contribution in [-0.4, -0.2) is 64.2 Å². The van der Waals surface area contributed by atoms with Crippen LogP contribution in [-0.2, 0) is 14.8 Å². The number of nitrogens with one attached hydrogen (secondary N) is 1. The lowest BCUT2D eigenvalue weighted by atomic mass is 10.1. The summed E-state index contributed by atoms with van der Waals surface area (Å²) in [6.07, 6.45) is 3.63. The molecule has 0 unspecified atom stereocenters. The van der Waals surface area contributed by atoms with Crippen molar-refractivity contribution in [3.63, 3.8) is 0 Å². The molecule has 2 aromatic carbocycles. The molecule has 0 radical (unpaired) electrons. The van der Waals surface area contributed by atoms with E-state index in [1.54, 1.807) is 17.0 Å². The quantitative estimate of drug-likeness (QED) is 0.691.